The highest BCUT2D eigenvalue weighted by atomic mass is 32.1. The van der Waals surface area contributed by atoms with Gasteiger partial charge in [0.05, 0.1) is 5.52 Å². The van der Waals surface area contributed by atoms with Gasteiger partial charge in [-0.3, -0.25) is 4.98 Å². The van der Waals surface area contributed by atoms with Crippen LogP contribution in [0.3, 0.4) is 0 Å². The van der Waals surface area contributed by atoms with Crippen LogP contribution in [-0.4, -0.2) is 14.3 Å². The van der Waals surface area contributed by atoms with Gasteiger partial charge in [-0.15, -0.1) is 0 Å². The van der Waals surface area contributed by atoms with Gasteiger partial charge in [-0.2, -0.15) is 22.5 Å². The lowest BCUT2D eigenvalue weighted by Gasteiger charge is -2.06. The molecule has 0 aliphatic carbocycles. The van der Waals surface area contributed by atoms with E-state index in [9.17, 15) is 13.2 Å². The molecule has 2 heterocycles. The molecular formula is C13H9F3N4S. The SMILES string of the molecule is FC(F)(F)c1nsc(NCc2cccc3cccnc23)n1. The minimum Gasteiger partial charge on any atom is -0.356 e. The van der Waals surface area contributed by atoms with Crippen molar-refractivity contribution in [2.75, 3.05) is 5.32 Å². The maximum Gasteiger partial charge on any atom is 0.452 e. The predicted molar refractivity (Wildman–Crippen MR) is 74.0 cm³/mol. The Bertz CT molecular complexity index is 764. The largest absolute Gasteiger partial charge is 0.452 e. The molecule has 1 N–H and O–H groups in total. The van der Waals surface area contributed by atoms with Gasteiger partial charge in [0, 0.05) is 29.7 Å². The summed E-state index contributed by atoms with van der Waals surface area (Å²) < 4.78 is 40.5. The molecule has 108 valence electrons. The summed E-state index contributed by atoms with van der Waals surface area (Å²) in [6.45, 7) is 0.334. The van der Waals surface area contributed by atoms with E-state index in [1.807, 2.05) is 30.3 Å². The van der Waals surface area contributed by atoms with Crippen LogP contribution in [0.2, 0.25) is 0 Å². The van der Waals surface area contributed by atoms with Gasteiger partial charge in [-0.05, 0) is 11.6 Å². The number of halogens is 3. The third kappa shape index (κ3) is 2.94. The maximum atomic E-state index is 12.4. The zero-order valence-corrected chi connectivity index (χ0v) is 11.4. The van der Waals surface area contributed by atoms with Crippen LogP contribution in [0.4, 0.5) is 18.3 Å². The molecule has 3 rings (SSSR count). The molecule has 3 aromatic rings. The number of benzene rings is 1. The van der Waals surface area contributed by atoms with Crippen molar-refractivity contribution < 1.29 is 13.2 Å². The molecule has 21 heavy (non-hydrogen) atoms. The molecule has 8 heteroatoms. The number of hydrogen-bond acceptors (Lipinski definition) is 5. The van der Waals surface area contributed by atoms with E-state index in [-0.39, 0.29) is 5.13 Å². The van der Waals surface area contributed by atoms with E-state index < -0.39 is 12.0 Å². The van der Waals surface area contributed by atoms with Crippen LogP contribution in [0, 0.1) is 0 Å². The second-order valence-corrected chi connectivity index (χ2v) is 5.02. The van der Waals surface area contributed by atoms with E-state index in [0.29, 0.717) is 18.1 Å². The Hall–Kier alpha value is -2.22. The van der Waals surface area contributed by atoms with Gasteiger partial charge < -0.3 is 5.32 Å². The zero-order chi connectivity index (χ0) is 14.9. The second-order valence-electron chi connectivity index (χ2n) is 4.27. The standard InChI is InChI=1S/C13H9F3N4S/c14-13(15,16)11-19-12(21-20-11)18-7-9-4-1-3-8-5-2-6-17-10(8)9/h1-6H,7H2,(H,18,19,20). The van der Waals surface area contributed by atoms with Crippen LogP contribution < -0.4 is 5.32 Å². The number of hydrogen-bond donors (Lipinski definition) is 1. The summed E-state index contributed by atoms with van der Waals surface area (Å²) in [5, 5.41) is 3.96. The van der Waals surface area contributed by atoms with E-state index in [1.165, 1.54) is 0 Å². The zero-order valence-electron chi connectivity index (χ0n) is 10.6. The van der Waals surface area contributed by atoms with Crippen LogP contribution in [-0.2, 0) is 12.7 Å². The van der Waals surface area contributed by atoms with E-state index in [0.717, 1.165) is 16.5 Å². The summed E-state index contributed by atoms with van der Waals surface area (Å²) in [4.78, 5) is 7.71. The Labute approximate surface area is 121 Å². The fraction of sp³-hybridized carbons (Fsp3) is 0.154. The van der Waals surface area contributed by atoms with Crippen molar-refractivity contribution in [2.24, 2.45) is 0 Å². The molecule has 0 saturated carbocycles. The Kier molecular flexibility index (Phi) is 3.46. The summed E-state index contributed by atoms with van der Waals surface area (Å²) in [5.74, 6) is -1.12. The van der Waals surface area contributed by atoms with Gasteiger partial charge in [0.2, 0.25) is 11.0 Å². The smallest absolute Gasteiger partial charge is 0.356 e. The first-order chi connectivity index (χ1) is 10.0. The number of anilines is 1. The first-order valence-electron chi connectivity index (χ1n) is 6.01. The van der Waals surface area contributed by atoms with E-state index in [2.05, 4.69) is 19.7 Å². The molecule has 0 aliphatic heterocycles. The summed E-state index contributed by atoms with van der Waals surface area (Å²) >= 11 is 0.688. The molecule has 0 spiro atoms. The molecular weight excluding hydrogens is 301 g/mol. The van der Waals surface area contributed by atoms with Gasteiger partial charge >= 0.3 is 6.18 Å². The number of para-hydroxylation sites is 1. The number of rotatable bonds is 3. The highest BCUT2D eigenvalue weighted by Gasteiger charge is 2.36. The number of aromatic nitrogens is 3. The minimum absolute atomic E-state index is 0.134. The Morgan fingerprint density at radius 3 is 2.71 bits per heavy atom. The molecule has 1 aromatic carbocycles. The molecule has 0 radical (unpaired) electrons. The van der Waals surface area contributed by atoms with Crippen molar-refractivity contribution in [1.82, 2.24) is 14.3 Å². The van der Waals surface area contributed by atoms with Gasteiger partial charge in [-0.25, -0.2) is 0 Å². The summed E-state index contributed by atoms with van der Waals surface area (Å²) in [6, 6.07) is 9.44. The first kappa shape index (κ1) is 13.7. The molecule has 2 aromatic heterocycles. The van der Waals surface area contributed by atoms with Crippen LogP contribution in [0.5, 0.6) is 0 Å². The van der Waals surface area contributed by atoms with Crippen LogP contribution in [0.1, 0.15) is 11.4 Å². The predicted octanol–water partition coefficient (Wildman–Crippen LogP) is 3.72. The lowest BCUT2D eigenvalue weighted by Crippen LogP contribution is -2.07. The lowest BCUT2D eigenvalue weighted by atomic mass is 10.1. The molecule has 0 amide bonds. The fourth-order valence-corrected chi connectivity index (χ4v) is 2.47. The molecule has 0 aliphatic rings. The van der Waals surface area contributed by atoms with Crippen molar-refractivity contribution in [1.29, 1.82) is 0 Å². The van der Waals surface area contributed by atoms with Crippen LogP contribution in [0.25, 0.3) is 10.9 Å². The average Bonchev–Trinajstić information content (AvgIpc) is 2.94. The highest BCUT2D eigenvalue weighted by molar-refractivity contribution is 7.09. The molecule has 0 atom stereocenters. The highest BCUT2D eigenvalue weighted by Crippen LogP contribution is 2.29. The topological polar surface area (TPSA) is 50.7 Å². The van der Waals surface area contributed by atoms with Gasteiger partial charge in [0.1, 0.15) is 0 Å². The number of fused-ring (bicyclic) bond motifs is 1. The normalized spacial score (nSPS) is 11.8. The molecule has 0 saturated heterocycles. The Morgan fingerprint density at radius 1 is 1.14 bits per heavy atom. The van der Waals surface area contributed by atoms with E-state index >= 15 is 0 Å². The van der Waals surface area contributed by atoms with Crippen molar-refractivity contribution in [3.8, 4) is 0 Å². The second kappa shape index (κ2) is 5.28. The number of pyridine rings is 1. The third-order valence-electron chi connectivity index (χ3n) is 2.83. The Morgan fingerprint density at radius 2 is 1.95 bits per heavy atom. The average molecular weight is 310 g/mol. The maximum absolute atomic E-state index is 12.4. The molecule has 0 bridgehead atoms. The lowest BCUT2D eigenvalue weighted by molar-refractivity contribution is -0.144. The van der Waals surface area contributed by atoms with Crippen molar-refractivity contribution in [2.45, 2.75) is 12.7 Å². The fourth-order valence-electron chi connectivity index (χ4n) is 1.89. The summed E-state index contributed by atoms with van der Waals surface area (Å²) in [5.41, 5.74) is 1.70. The van der Waals surface area contributed by atoms with E-state index in [1.54, 1.807) is 6.20 Å². The summed E-state index contributed by atoms with van der Waals surface area (Å²) in [6.07, 6.45) is -2.84. The van der Waals surface area contributed by atoms with Gasteiger partial charge in [0.15, 0.2) is 0 Å². The minimum atomic E-state index is -4.52. The molecule has 0 fully saturated rings. The monoisotopic (exact) mass is 310 g/mol. The number of alkyl halides is 3. The van der Waals surface area contributed by atoms with E-state index in [4.69, 9.17) is 0 Å². The summed E-state index contributed by atoms with van der Waals surface area (Å²) in [7, 11) is 0. The van der Waals surface area contributed by atoms with Gasteiger partial charge in [-0.1, -0.05) is 24.3 Å². The third-order valence-corrected chi connectivity index (χ3v) is 3.50. The first-order valence-corrected chi connectivity index (χ1v) is 6.79. The van der Waals surface area contributed by atoms with Crippen LogP contribution in [0.15, 0.2) is 36.5 Å². The van der Waals surface area contributed by atoms with Crippen molar-refractivity contribution >= 4 is 27.6 Å². The Balaban J connectivity index is 1.79. The van der Waals surface area contributed by atoms with Crippen molar-refractivity contribution in [3.05, 3.63) is 47.9 Å². The molecule has 0 unspecified atom stereocenters. The van der Waals surface area contributed by atoms with Crippen molar-refractivity contribution in [3.63, 3.8) is 0 Å². The van der Waals surface area contributed by atoms with Crippen LogP contribution >= 0.6 is 11.5 Å². The number of nitrogens with one attached hydrogen (secondary N) is 1. The number of nitrogens with zero attached hydrogens (tertiary/aromatic N) is 3. The quantitative estimate of drug-likeness (QED) is 0.801. The molecule has 4 nitrogen and oxygen atoms in total. The van der Waals surface area contributed by atoms with Gasteiger partial charge in [0.25, 0.3) is 0 Å².